The van der Waals surface area contributed by atoms with Gasteiger partial charge in [-0.25, -0.2) is 8.42 Å². The maximum atomic E-state index is 13.0. The van der Waals surface area contributed by atoms with Gasteiger partial charge in [-0.2, -0.15) is 0 Å². The molecule has 5 nitrogen and oxygen atoms in total. The summed E-state index contributed by atoms with van der Waals surface area (Å²) in [7, 11) is -3.75. The Labute approximate surface area is 143 Å². The van der Waals surface area contributed by atoms with Gasteiger partial charge in [-0.3, -0.25) is 4.31 Å². The number of hydrogen-bond donors (Lipinski definition) is 0. The third-order valence-electron chi connectivity index (χ3n) is 3.34. The van der Waals surface area contributed by atoms with Crippen LogP contribution in [-0.4, -0.2) is 21.8 Å². The second-order valence-electron chi connectivity index (χ2n) is 4.79. The number of halogens is 1. The lowest BCUT2D eigenvalue weighted by molar-refractivity contribution is 0.174. The minimum Gasteiger partial charge on any atom is -0.454 e. The number of rotatable bonds is 5. The van der Waals surface area contributed by atoms with Crippen LogP contribution in [0.4, 0.5) is 5.69 Å². The highest BCUT2D eigenvalue weighted by Gasteiger charge is 2.27. The summed E-state index contributed by atoms with van der Waals surface area (Å²) in [6, 6.07) is 11.7. The normalized spacial score (nSPS) is 12.9. The van der Waals surface area contributed by atoms with Gasteiger partial charge in [-0.05, 0) is 40.2 Å². The Balaban J connectivity index is 2.08. The first-order chi connectivity index (χ1) is 11.0. The van der Waals surface area contributed by atoms with Crippen molar-refractivity contribution in [2.45, 2.75) is 4.90 Å². The van der Waals surface area contributed by atoms with Crippen LogP contribution in [0.1, 0.15) is 0 Å². The van der Waals surface area contributed by atoms with Crippen LogP contribution in [0, 0.1) is 0 Å². The van der Waals surface area contributed by atoms with Crippen molar-refractivity contribution in [2.24, 2.45) is 0 Å². The summed E-state index contributed by atoms with van der Waals surface area (Å²) >= 11 is 3.30. The van der Waals surface area contributed by atoms with Crippen molar-refractivity contribution in [1.82, 2.24) is 0 Å². The van der Waals surface area contributed by atoms with Gasteiger partial charge in [0.2, 0.25) is 6.79 Å². The van der Waals surface area contributed by atoms with Crippen LogP contribution in [0.25, 0.3) is 0 Å². The second kappa shape index (κ2) is 6.25. The largest absolute Gasteiger partial charge is 0.454 e. The smallest absolute Gasteiger partial charge is 0.265 e. The summed E-state index contributed by atoms with van der Waals surface area (Å²) in [5, 5.41) is 0. The van der Waals surface area contributed by atoms with E-state index in [2.05, 4.69) is 22.5 Å². The minimum absolute atomic E-state index is 0.136. The molecule has 0 bridgehead atoms. The molecule has 0 amide bonds. The summed E-state index contributed by atoms with van der Waals surface area (Å²) in [6.07, 6.45) is 1.54. The summed E-state index contributed by atoms with van der Waals surface area (Å²) in [5.74, 6) is 1.13. The van der Waals surface area contributed by atoms with Crippen molar-refractivity contribution in [2.75, 3.05) is 17.6 Å². The average Bonchev–Trinajstić information content (AvgIpc) is 3.00. The fraction of sp³-hybridized carbons (Fsp3) is 0.125. The summed E-state index contributed by atoms with van der Waals surface area (Å²) in [4.78, 5) is 0.194. The van der Waals surface area contributed by atoms with Gasteiger partial charge in [0.05, 0.1) is 12.2 Å². The molecule has 0 radical (unpaired) electrons. The van der Waals surface area contributed by atoms with Gasteiger partial charge in [-0.15, -0.1) is 6.58 Å². The highest BCUT2D eigenvalue weighted by Crippen LogP contribution is 2.37. The molecule has 3 rings (SSSR count). The van der Waals surface area contributed by atoms with Gasteiger partial charge < -0.3 is 9.47 Å². The van der Waals surface area contributed by atoms with Crippen molar-refractivity contribution >= 4 is 31.6 Å². The van der Waals surface area contributed by atoms with Gasteiger partial charge in [0.15, 0.2) is 11.5 Å². The molecule has 1 aliphatic heterocycles. The van der Waals surface area contributed by atoms with Crippen LogP contribution in [0.3, 0.4) is 0 Å². The van der Waals surface area contributed by atoms with E-state index >= 15 is 0 Å². The van der Waals surface area contributed by atoms with Crippen molar-refractivity contribution in [3.63, 3.8) is 0 Å². The van der Waals surface area contributed by atoms with E-state index in [-0.39, 0.29) is 18.2 Å². The summed E-state index contributed by atoms with van der Waals surface area (Å²) in [6.45, 7) is 3.93. The standard InChI is InChI=1S/C16H14BrNO4S/c1-2-9-18(12-7-8-14-15(10-12)22-11-21-14)23(19,20)16-6-4-3-5-13(16)17/h2-8,10H,1,9,11H2. The van der Waals surface area contributed by atoms with Gasteiger partial charge >= 0.3 is 0 Å². The molecular formula is C16H14BrNO4S. The van der Waals surface area contributed by atoms with E-state index in [1.165, 1.54) is 4.31 Å². The van der Waals surface area contributed by atoms with Crippen molar-refractivity contribution in [3.8, 4) is 11.5 Å². The summed E-state index contributed by atoms with van der Waals surface area (Å²) < 4.78 is 38.4. The quantitative estimate of drug-likeness (QED) is 0.726. The van der Waals surface area contributed by atoms with E-state index in [1.54, 1.807) is 48.5 Å². The zero-order valence-electron chi connectivity index (χ0n) is 12.1. The third kappa shape index (κ3) is 2.94. The number of sulfonamides is 1. The van der Waals surface area contributed by atoms with Crippen LogP contribution >= 0.6 is 15.9 Å². The zero-order chi connectivity index (χ0) is 16.4. The van der Waals surface area contributed by atoms with Crippen LogP contribution in [0.5, 0.6) is 11.5 Å². The van der Waals surface area contributed by atoms with Gasteiger partial charge in [0.1, 0.15) is 4.90 Å². The number of ether oxygens (including phenoxy) is 2. The molecule has 0 unspecified atom stereocenters. The van der Waals surface area contributed by atoms with E-state index < -0.39 is 10.0 Å². The molecule has 0 aliphatic carbocycles. The number of fused-ring (bicyclic) bond motifs is 1. The highest BCUT2D eigenvalue weighted by atomic mass is 79.9. The molecule has 1 aliphatic rings. The van der Waals surface area contributed by atoms with E-state index in [4.69, 9.17) is 9.47 Å². The molecule has 0 fully saturated rings. The molecule has 0 saturated carbocycles. The topological polar surface area (TPSA) is 55.8 Å². The predicted octanol–water partition coefficient (Wildman–Crippen LogP) is 3.56. The number of nitrogens with zero attached hydrogens (tertiary/aromatic N) is 1. The maximum absolute atomic E-state index is 13.0. The molecule has 2 aromatic rings. The lowest BCUT2D eigenvalue weighted by atomic mass is 10.3. The van der Waals surface area contributed by atoms with E-state index in [0.29, 0.717) is 21.7 Å². The SMILES string of the molecule is C=CCN(c1ccc2c(c1)OCO2)S(=O)(=O)c1ccccc1Br. The Bertz CT molecular complexity index is 851. The molecular weight excluding hydrogens is 382 g/mol. The minimum atomic E-state index is -3.75. The van der Waals surface area contributed by atoms with Crippen LogP contribution in [0.15, 0.2) is 64.5 Å². The van der Waals surface area contributed by atoms with Gasteiger partial charge in [0.25, 0.3) is 10.0 Å². The van der Waals surface area contributed by atoms with Crippen LogP contribution in [-0.2, 0) is 10.0 Å². The molecule has 7 heteroatoms. The van der Waals surface area contributed by atoms with Gasteiger partial charge in [-0.1, -0.05) is 18.2 Å². The predicted molar refractivity (Wildman–Crippen MR) is 91.4 cm³/mol. The molecule has 0 N–H and O–H groups in total. The molecule has 0 spiro atoms. The van der Waals surface area contributed by atoms with Gasteiger partial charge in [0, 0.05) is 10.5 Å². The Kier molecular flexibility index (Phi) is 4.32. The Hall–Kier alpha value is -1.99. The highest BCUT2D eigenvalue weighted by molar-refractivity contribution is 9.10. The lowest BCUT2D eigenvalue weighted by Crippen LogP contribution is -2.31. The second-order valence-corrected chi connectivity index (χ2v) is 7.48. The molecule has 0 aromatic heterocycles. The molecule has 120 valence electrons. The summed E-state index contributed by atoms with van der Waals surface area (Å²) in [5.41, 5.74) is 0.491. The Morgan fingerprint density at radius 2 is 1.91 bits per heavy atom. The fourth-order valence-electron chi connectivity index (χ4n) is 2.27. The average molecular weight is 396 g/mol. The van der Waals surface area contributed by atoms with E-state index in [9.17, 15) is 8.42 Å². The third-order valence-corrected chi connectivity index (χ3v) is 6.15. The monoisotopic (exact) mass is 395 g/mol. The Morgan fingerprint density at radius 3 is 2.65 bits per heavy atom. The molecule has 0 saturated heterocycles. The molecule has 23 heavy (non-hydrogen) atoms. The van der Waals surface area contributed by atoms with Crippen LogP contribution in [0.2, 0.25) is 0 Å². The van der Waals surface area contributed by atoms with E-state index in [1.807, 2.05) is 0 Å². The molecule has 2 aromatic carbocycles. The van der Waals surface area contributed by atoms with Crippen molar-refractivity contribution in [3.05, 3.63) is 59.6 Å². The first-order valence-electron chi connectivity index (χ1n) is 6.82. The molecule has 0 atom stereocenters. The Morgan fingerprint density at radius 1 is 1.17 bits per heavy atom. The van der Waals surface area contributed by atoms with Crippen molar-refractivity contribution in [1.29, 1.82) is 0 Å². The fourth-order valence-corrected chi connectivity index (χ4v) is 4.67. The number of hydrogen-bond acceptors (Lipinski definition) is 4. The zero-order valence-corrected chi connectivity index (χ0v) is 14.5. The van der Waals surface area contributed by atoms with Crippen molar-refractivity contribution < 1.29 is 17.9 Å². The first kappa shape index (κ1) is 15.9. The first-order valence-corrected chi connectivity index (χ1v) is 9.05. The number of anilines is 1. The maximum Gasteiger partial charge on any atom is 0.265 e. The molecule has 1 heterocycles. The van der Waals surface area contributed by atoms with Crippen LogP contribution < -0.4 is 13.8 Å². The lowest BCUT2D eigenvalue weighted by Gasteiger charge is -2.24. The number of benzene rings is 2. The van der Waals surface area contributed by atoms with E-state index in [0.717, 1.165) is 0 Å².